The maximum Gasteiger partial charge on any atom is 0.208 e. The van der Waals surface area contributed by atoms with E-state index in [0.717, 1.165) is 19.4 Å². The Balaban J connectivity index is 2.81. The van der Waals surface area contributed by atoms with E-state index in [1.54, 1.807) is 0 Å². The third kappa shape index (κ3) is 2.14. The molecule has 0 aromatic carbocycles. The topological polar surface area (TPSA) is 29.3 Å². The summed E-state index contributed by atoms with van der Waals surface area (Å²) in [4.78, 5) is 12.0. The van der Waals surface area contributed by atoms with Crippen molar-refractivity contribution in [3.05, 3.63) is 4.91 Å². The zero-order chi connectivity index (χ0) is 11.0. The largest absolute Gasteiger partial charge is 0.378 e. The minimum absolute atomic E-state index is 0.232. The first-order chi connectivity index (χ1) is 6.29. The van der Waals surface area contributed by atoms with E-state index in [1.807, 2.05) is 34.6 Å². The van der Waals surface area contributed by atoms with Crippen LogP contribution in [-0.2, 0) is 4.74 Å². The standard InChI is InChI=1S/C11H22NO2/c1-6-14-9-7-10(2,3)12(13)11(4,5)8-9/h9H,6-8H2,1-5H3/q+1. The summed E-state index contributed by atoms with van der Waals surface area (Å²) in [6.45, 7) is 10.7. The minimum atomic E-state index is -0.304. The summed E-state index contributed by atoms with van der Waals surface area (Å²) in [6, 6.07) is 0. The fourth-order valence-electron chi connectivity index (χ4n) is 2.53. The van der Waals surface area contributed by atoms with Gasteiger partial charge < -0.3 is 4.74 Å². The fraction of sp³-hybridized carbons (Fsp3) is 1.00. The zero-order valence-corrected chi connectivity index (χ0v) is 9.96. The molecule has 0 atom stereocenters. The normalized spacial score (nSPS) is 26.5. The zero-order valence-electron chi connectivity index (χ0n) is 9.96. The molecule has 0 saturated carbocycles. The molecule has 0 spiro atoms. The van der Waals surface area contributed by atoms with Crippen molar-refractivity contribution < 1.29 is 9.50 Å². The SMILES string of the molecule is CCOC1CC(C)(C)[N+](=O)C(C)(C)C1. The highest BCUT2D eigenvalue weighted by molar-refractivity contribution is 4.86. The lowest BCUT2D eigenvalue weighted by Gasteiger charge is -2.36. The number of rotatable bonds is 2. The van der Waals surface area contributed by atoms with Gasteiger partial charge in [-0.2, -0.15) is 0 Å². The minimum Gasteiger partial charge on any atom is -0.378 e. The van der Waals surface area contributed by atoms with Crippen molar-refractivity contribution in [2.45, 2.75) is 64.6 Å². The molecule has 1 aliphatic heterocycles. The van der Waals surface area contributed by atoms with Crippen molar-refractivity contribution in [1.29, 1.82) is 0 Å². The summed E-state index contributed by atoms with van der Waals surface area (Å²) < 4.78 is 6.87. The van der Waals surface area contributed by atoms with E-state index in [4.69, 9.17) is 4.74 Å². The number of ether oxygens (including phenoxy) is 1. The van der Waals surface area contributed by atoms with Gasteiger partial charge in [-0.05, 0) is 6.92 Å². The second-order valence-corrected chi connectivity index (χ2v) is 5.40. The van der Waals surface area contributed by atoms with Gasteiger partial charge in [-0.3, -0.25) is 0 Å². The molecule has 1 fully saturated rings. The number of nitroso groups, excluding NO2 is 1. The van der Waals surface area contributed by atoms with Crippen LogP contribution in [0.15, 0.2) is 0 Å². The molecule has 1 aliphatic rings. The van der Waals surface area contributed by atoms with Gasteiger partial charge in [0.25, 0.3) is 0 Å². The Labute approximate surface area is 86.4 Å². The lowest BCUT2D eigenvalue weighted by molar-refractivity contribution is -0.695. The van der Waals surface area contributed by atoms with E-state index in [0.29, 0.717) is 0 Å². The van der Waals surface area contributed by atoms with E-state index >= 15 is 0 Å². The molecular weight excluding hydrogens is 178 g/mol. The average molecular weight is 200 g/mol. The number of nitrogens with zero attached hydrogens (tertiary/aromatic N) is 1. The molecule has 0 radical (unpaired) electrons. The predicted octanol–water partition coefficient (Wildman–Crippen LogP) is 2.52. The molecule has 1 saturated heterocycles. The van der Waals surface area contributed by atoms with Gasteiger partial charge in [0.05, 0.1) is 6.10 Å². The lowest BCUT2D eigenvalue weighted by atomic mass is 9.80. The molecule has 14 heavy (non-hydrogen) atoms. The van der Waals surface area contributed by atoms with Crippen LogP contribution >= 0.6 is 0 Å². The summed E-state index contributed by atoms with van der Waals surface area (Å²) in [5.74, 6) is 0. The molecule has 0 unspecified atom stereocenters. The quantitative estimate of drug-likeness (QED) is 0.641. The smallest absolute Gasteiger partial charge is 0.208 e. The van der Waals surface area contributed by atoms with Gasteiger partial charge in [0.1, 0.15) is 0 Å². The monoisotopic (exact) mass is 200 g/mol. The lowest BCUT2D eigenvalue weighted by Crippen LogP contribution is -2.55. The van der Waals surface area contributed by atoms with E-state index < -0.39 is 0 Å². The van der Waals surface area contributed by atoms with Crippen LogP contribution in [0.3, 0.4) is 0 Å². The Kier molecular flexibility index (Phi) is 3.00. The third-order valence-corrected chi connectivity index (χ3v) is 2.96. The first kappa shape index (κ1) is 11.6. The second-order valence-electron chi connectivity index (χ2n) is 5.40. The highest BCUT2D eigenvalue weighted by Gasteiger charge is 2.53. The molecule has 0 bridgehead atoms. The summed E-state index contributed by atoms with van der Waals surface area (Å²) in [5, 5.41) is 0. The van der Waals surface area contributed by atoms with E-state index in [2.05, 4.69) is 0 Å². The molecule has 1 heterocycles. The van der Waals surface area contributed by atoms with Gasteiger partial charge in [0, 0.05) is 56.8 Å². The van der Waals surface area contributed by atoms with Crippen molar-refractivity contribution >= 4 is 0 Å². The number of piperidine rings is 1. The van der Waals surface area contributed by atoms with Gasteiger partial charge in [0.2, 0.25) is 11.1 Å². The van der Waals surface area contributed by atoms with Crippen LogP contribution in [0.1, 0.15) is 47.5 Å². The second kappa shape index (κ2) is 3.61. The van der Waals surface area contributed by atoms with Crippen LogP contribution in [0.4, 0.5) is 0 Å². The van der Waals surface area contributed by atoms with Crippen LogP contribution < -0.4 is 0 Å². The first-order valence-corrected chi connectivity index (χ1v) is 5.38. The first-order valence-electron chi connectivity index (χ1n) is 5.38. The molecule has 3 heteroatoms. The van der Waals surface area contributed by atoms with Crippen molar-refractivity contribution in [3.63, 3.8) is 0 Å². The molecule has 0 N–H and O–H groups in total. The molecule has 0 aromatic heterocycles. The highest BCUT2D eigenvalue weighted by Crippen LogP contribution is 2.35. The molecule has 1 rings (SSSR count). The van der Waals surface area contributed by atoms with Gasteiger partial charge in [-0.15, -0.1) is 0 Å². The Morgan fingerprint density at radius 2 is 1.64 bits per heavy atom. The van der Waals surface area contributed by atoms with E-state index in [9.17, 15) is 4.91 Å². The van der Waals surface area contributed by atoms with E-state index in [1.165, 1.54) is 4.76 Å². The molecule has 0 aromatic rings. The van der Waals surface area contributed by atoms with E-state index in [-0.39, 0.29) is 17.2 Å². The Morgan fingerprint density at radius 1 is 1.21 bits per heavy atom. The molecule has 82 valence electrons. The number of hydrogen-bond acceptors (Lipinski definition) is 2. The Morgan fingerprint density at radius 3 is 2.00 bits per heavy atom. The van der Waals surface area contributed by atoms with Crippen molar-refractivity contribution in [2.24, 2.45) is 0 Å². The molecule has 3 nitrogen and oxygen atoms in total. The Bertz CT molecular complexity index is 213. The molecular formula is C11H22NO2+. The van der Waals surface area contributed by atoms with Gasteiger partial charge >= 0.3 is 0 Å². The van der Waals surface area contributed by atoms with Crippen LogP contribution in [0.2, 0.25) is 0 Å². The van der Waals surface area contributed by atoms with Crippen LogP contribution in [0.25, 0.3) is 0 Å². The Hall–Kier alpha value is -0.440. The summed E-state index contributed by atoms with van der Waals surface area (Å²) in [7, 11) is 0. The van der Waals surface area contributed by atoms with Crippen LogP contribution in [-0.4, -0.2) is 28.5 Å². The maximum absolute atomic E-state index is 12.0. The highest BCUT2D eigenvalue weighted by atomic mass is 16.5. The number of hydrogen-bond donors (Lipinski definition) is 0. The van der Waals surface area contributed by atoms with Crippen LogP contribution in [0.5, 0.6) is 0 Å². The summed E-state index contributed by atoms with van der Waals surface area (Å²) >= 11 is 0. The van der Waals surface area contributed by atoms with Gasteiger partial charge in [0.15, 0.2) is 0 Å². The van der Waals surface area contributed by atoms with Crippen molar-refractivity contribution in [3.8, 4) is 0 Å². The fourth-order valence-corrected chi connectivity index (χ4v) is 2.53. The van der Waals surface area contributed by atoms with Gasteiger partial charge in [-0.1, -0.05) is 0 Å². The van der Waals surface area contributed by atoms with Crippen LogP contribution in [0, 0.1) is 4.91 Å². The van der Waals surface area contributed by atoms with Crippen molar-refractivity contribution in [1.82, 2.24) is 0 Å². The molecule has 0 amide bonds. The van der Waals surface area contributed by atoms with Crippen molar-refractivity contribution in [2.75, 3.05) is 6.61 Å². The molecule has 0 aliphatic carbocycles. The predicted molar refractivity (Wildman–Crippen MR) is 56.4 cm³/mol. The third-order valence-electron chi connectivity index (χ3n) is 2.96. The maximum atomic E-state index is 12.0. The average Bonchev–Trinajstić information content (AvgIpc) is 1.99. The summed E-state index contributed by atoms with van der Waals surface area (Å²) in [6.07, 6.45) is 1.89. The van der Waals surface area contributed by atoms with Gasteiger partial charge in [-0.25, -0.2) is 0 Å². The summed E-state index contributed by atoms with van der Waals surface area (Å²) in [5.41, 5.74) is -0.608.